The van der Waals surface area contributed by atoms with Crippen LogP contribution in [0.5, 0.6) is 0 Å². The summed E-state index contributed by atoms with van der Waals surface area (Å²) in [5, 5.41) is 9.30. The molecule has 2 atom stereocenters. The van der Waals surface area contributed by atoms with Gasteiger partial charge < -0.3 is 14.9 Å². The van der Waals surface area contributed by atoms with Gasteiger partial charge in [-0.3, -0.25) is 4.90 Å². The standard InChI is InChI=1S/C14H23N3O3/c1-10-4-5-17(12(10)13(18)19)14(20)16-8-6-15(7-9-16)11-2-3-11/h10-12H,2-9H2,1H3,(H,18,19). The lowest BCUT2D eigenvalue weighted by Gasteiger charge is -2.37. The van der Waals surface area contributed by atoms with Crippen molar-refractivity contribution in [3.63, 3.8) is 0 Å². The van der Waals surface area contributed by atoms with Crippen LogP contribution in [-0.4, -0.2) is 76.6 Å². The quantitative estimate of drug-likeness (QED) is 0.808. The highest BCUT2D eigenvalue weighted by atomic mass is 16.4. The summed E-state index contributed by atoms with van der Waals surface area (Å²) in [6.07, 6.45) is 3.36. The van der Waals surface area contributed by atoms with Crippen LogP contribution in [0.4, 0.5) is 4.79 Å². The number of carbonyl (C=O) groups excluding carboxylic acids is 1. The molecule has 0 aromatic heterocycles. The zero-order valence-corrected chi connectivity index (χ0v) is 12.0. The summed E-state index contributed by atoms with van der Waals surface area (Å²) in [4.78, 5) is 29.7. The van der Waals surface area contributed by atoms with Gasteiger partial charge in [0.05, 0.1) is 0 Å². The molecule has 0 aromatic rings. The van der Waals surface area contributed by atoms with E-state index in [1.165, 1.54) is 12.8 Å². The Bertz CT molecular complexity index is 402. The van der Waals surface area contributed by atoms with Gasteiger partial charge in [-0.25, -0.2) is 9.59 Å². The van der Waals surface area contributed by atoms with E-state index in [0.717, 1.165) is 38.6 Å². The lowest BCUT2D eigenvalue weighted by Crippen LogP contribution is -2.55. The van der Waals surface area contributed by atoms with Crippen molar-refractivity contribution >= 4 is 12.0 Å². The highest BCUT2D eigenvalue weighted by molar-refractivity contribution is 5.83. The molecule has 2 heterocycles. The molecule has 0 bridgehead atoms. The lowest BCUT2D eigenvalue weighted by molar-refractivity contribution is -0.142. The molecule has 0 aromatic carbocycles. The number of carboxylic acids is 1. The predicted octanol–water partition coefficient (Wildman–Crippen LogP) is 0.681. The van der Waals surface area contributed by atoms with Crippen LogP contribution in [0, 0.1) is 5.92 Å². The average molecular weight is 281 g/mol. The van der Waals surface area contributed by atoms with Crippen LogP contribution >= 0.6 is 0 Å². The molecule has 3 aliphatic rings. The Morgan fingerprint density at radius 1 is 1.00 bits per heavy atom. The topological polar surface area (TPSA) is 64.1 Å². The van der Waals surface area contributed by atoms with Crippen LogP contribution in [0.15, 0.2) is 0 Å². The number of amides is 2. The van der Waals surface area contributed by atoms with Gasteiger partial charge in [0.15, 0.2) is 0 Å². The molecule has 6 heteroatoms. The Morgan fingerprint density at radius 2 is 1.65 bits per heavy atom. The van der Waals surface area contributed by atoms with Crippen molar-refractivity contribution in [1.29, 1.82) is 0 Å². The number of carboxylic acid groups (broad SMARTS) is 1. The maximum atomic E-state index is 12.5. The summed E-state index contributed by atoms with van der Waals surface area (Å²) in [5.41, 5.74) is 0. The van der Waals surface area contributed by atoms with Gasteiger partial charge in [-0.2, -0.15) is 0 Å². The molecule has 2 unspecified atom stereocenters. The summed E-state index contributed by atoms with van der Waals surface area (Å²) >= 11 is 0. The molecule has 20 heavy (non-hydrogen) atoms. The Labute approximate surface area is 119 Å². The highest BCUT2D eigenvalue weighted by Gasteiger charge is 2.42. The number of hydrogen-bond acceptors (Lipinski definition) is 3. The number of likely N-dealkylation sites (tertiary alicyclic amines) is 1. The first-order valence-corrected chi connectivity index (χ1v) is 7.60. The lowest BCUT2D eigenvalue weighted by atomic mass is 10.0. The molecular formula is C14H23N3O3. The Kier molecular flexibility index (Phi) is 3.58. The predicted molar refractivity (Wildman–Crippen MR) is 73.5 cm³/mol. The minimum Gasteiger partial charge on any atom is -0.480 e. The Hall–Kier alpha value is -1.30. The molecule has 2 saturated heterocycles. The van der Waals surface area contributed by atoms with Crippen molar-refractivity contribution in [2.24, 2.45) is 5.92 Å². The maximum absolute atomic E-state index is 12.5. The van der Waals surface area contributed by atoms with E-state index in [9.17, 15) is 14.7 Å². The van der Waals surface area contributed by atoms with Gasteiger partial charge >= 0.3 is 12.0 Å². The fourth-order valence-electron chi connectivity index (χ4n) is 3.44. The van der Waals surface area contributed by atoms with Crippen molar-refractivity contribution in [1.82, 2.24) is 14.7 Å². The summed E-state index contributed by atoms with van der Waals surface area (Å²) < 4.78 is 0. The van der Waals surface area contributed by atoms with Gasteiger partial charge in [-0.1, -0.05) is 6.92 Å². The van der Waals surface area contributed by atoms with Crippen LogP contribution in [-0.2, 0) is 4.79 Å². The average Bonchev–Trinajstić information content (AvgIpc) is 3.20. The molecule has 3 fully saturated rings. The van der Waals surface area contributed by atoms with E-state index in [2.05, 4.69) is 4.90 Å². The molecule has 112 valence electrons. The monoisotopic (exact) mass is 281 g/mol. The molecule has 1 saturated carbocycles. The van der Waals surface area contributed by atoms with Crippen molar-refractivity contribution < 1.29 is 14.7 Å². The second kappa shape index (κ2) is 5.24. The fourth-order valence-corrected chi connectivity index (χ4v) is 3.44. The molecule has 1 aliphatic carbocycles. The minimum atomic E-state index is -0.875. The SMILES string of the molecule is CC1CCN(C(=O)N2CCN(C3CC3)CC2)C1C(=O)O. The first kappa shape index (κ1) is 13.7. The van der Waals surface area contributed by atoms with Gasteiger partial charge in [-0.05, 0) is 25.2 Å². The number of aliphatic carboxylic acids is 1. The molecular weight excluding hydrogens is 258 g/mol. The van der Waals surface area contributed by atoms with E-state index in [-0.39, 0.29) is 11.9 Å². The third-order valence-electron chi connectivity index (χ3n) is 4.85. The van der Waals surface area contributed by atoms with Gasteiger partial charge in [0.1, 0.15) is 6.04 Å². The summed E-state index contributed by atoms with van der Waals surface area (Å²) in [5.74, 6) is -0.829. The third kappa shape index (κ3) is 2.49. The largest absolute Gasteiger partial charge is 0.480 e. The molecule has 0 radical (unpaired) electrons. The normalized spacial score (nSPS) is 31.6. The minimum absolute atomic E-state index is 0.0456. The van der Waals surface area contributed by atoms with Gasteiger partial charge in [0.25, 0.3) is 0 Å². The summed E-state index contributed by atoms with van der Waals surface area (Å²) in [6, 6.07) is 0.00647. The second-order valence-electron chi connectivity index (χ2n) is 6.28. The van der Waals surface area contributed by atoms with Crippen molar-refractivity contribution in [2.45, 2.75) is 38.3 Å². The number of piperazine rings is 1. The van der Waals surface area contributed by atoms with E-state index in [1.54, 1.807) is 4.90 Å². The summed E-state index contributed by atoms with van der Waals surface area (Å²) in [6.45, 7) is 5.80. The number of nitrogens with zero attached hydrogens (tertiary/aromatic N) is 3. The molecule has 2 amide bonds. The Morgan fingerprint density at radius 3 is 2.20 bits per heavy atom. The summed E-state index contributed by atoms with van der Waals surface area (Å²) in [7, 11) is 0. The number of hydrogen-bond donors (Lipinski definition) is 1. The number of urea groups is 1. The maximum Gasteiger partial charge on any atom is 0.326 e. The molecule has 2 aliphatic heterocycles. The zero-order chi connectivity index (χ0) is 14.3. The van der Waals surface area contributed by atoms with E-state index in [1.807, 2.05) is 11.8 Å². The van der Waals surface area contributed by atoms with E-state index >= 15 is 0 Å². The first-order chi connectivity index (χ1) is 9.58. The number of rotatable bonds is 2. The fraction of sp³-hybridized carbons (Fsp3) is 0.857. The van der Waals surface area contributed by atoms with Crippen LogP contribution in [0.25, 0.3) is 0 Å². The Balaban J connectivity index is 1.59. The smallest absolute Gasteiger partial charge is 0.326 e. The number of carbonyl (C=O) groups is 2. The van der Waals surface area contributed by atoms with E-state index in [4.69, 9.17) is 0 Å². The van der Waals surface area contributed by atoms with Crippen LogP contribution < -0.4 is 0 Å². The molecule has 1 N–H and O–H groups in total. The van der Waals surface area contributed by atoms with E-state index in [0.29, 0.717) is 6.54 Å². The van der Waals surface area contributed by atoms with Gasteiger partial charge in [0, 0.05) is 38.8 Å². The van der Waals surface area contributed by atoms with Gasteiger partial charge in [-0.15, -0.1) is 0 Å². The van der Waals surface area contributed by atoms with E-state index < -0.39 is 12.0 Å². The van der Waals surface area contributed by atoms with Gasteiger partial charge in [0.2, 0.25) is 0 Å². The molecule has 6 nitrogen and oxygen atoms in total. The third-order valence-corrected chi connectivity index (χ3v) is 4.85. The van der Waals surface area contributed by atoms with Crippen LogP contribution in [0.3, 0.4) is 0 Å². The first-order valence-electron chi connectivity index (χ1n) is 7.60. The second-order valence-corrected chi connectivity index (χ2v) is 6.28. The van der Waals surface area contributed by atoms with Crippen molar-refractivity contribution in [2.75, 3.05) is 32.7 Å². The molecule has 3 rings (SSSR count). The van der Waals surface area contributed by atoms with Crippen LogP contribution in [0.1, 0.15) is 26.2 Å². The molecule has 0 spiro atoms. The van der Waals surface area contributed by atoms with Crippen LogP contribution in [0.2, 0.25) is 0 Å². The highest BCUT2D eigenvalue weighted by Crippen LogP contribution is 2.29. The van der Waals surface area contributed by atoms with Crippen molar-refractivity contribution in [3.05, 3.63) is 0 Å². The van der Waals surface area contributed by atoms with Crippen molar-refractivity contribution in [3.8, 4) is 0 Å². The zero-order valence-electron chi connectivity index (χ0n) is 12.0.